The maximum absolute atomic E-state index is 12.9. The van der Waals surface area contributed by atoms with Crippen LogP contribution in [0, 0.1) is 5.41 Å². The molecule has 1 amide bonds. The fourth-order valence-electron chi connectivity index (χ4n) is 3.63. The van der Waals surface area contributed by atoms with Gasteiger partial charge in [-0.3, -0.25) is 4.79 Å². The summed E-state index contributed by atoms with van der Waals surface area (Å²) in [6.07, 6.45) is 7.88. The van der Waals surface area contributed by atoms with E-state index in [2.05, 4.69) is 23.9 Å². The molecule has 1 atom stereocenters. The van der Waals surface area contributed by atoms with Crippen molar-refractivity contribution in [3.63, 3.8) is 0 Å². The number of amides is 1. The van der Waals surface area contributed by atoms with Crippen LogP contribution in [-0.4, -0.2) is 55.5 Å². The zero-order valence-corrected chi connectivity index (χ0v) is 12.5. The second-order valence-electron chi connectivity index (χ2n) is 6.56. The molecule has 1 saturated heterocycles. The summed E-state index contributed by atoms with van der Waals surface area (Å²) >= 11 is 0. The van der Waals surface area contributed by atoms with Crippen molar-refractivity contribution in [1.29, 1.82) is 0 Å². The van der Waals surface area contributed by atoms with E-state index in [1.54, 1.807) is 0 Å². The van der Waals surface area contributed by atoms with Crippen LogP contribution >= 0.6 is 0 Å². The highest BCUT2D eigenvalue weighted by atomic mass is 16.2. The average molecular weight is 267 g/mol. The molecule has 2 aliphatic rings. The molecule has 1 heterocycles. The van der Waals surface area contributed by atoms with Crippen molar-refractivity contribution in [3.05, 3.63) is 0 Å². The van der Waals surface area contributed by atoms with Gasteiger partial charge in [0.1, 0.15) is 0 Å². The van der Waals surface area contributed by atoms with E-state index in [0.29, 0.717) is 18.5 Å². The van der Waals surface area contributed by atoms with Gasteiger partial charge in [-0.05, 0) is 39.8 Å². The Bertz CT molecular complexity index is 311. The summed E-state index contributed by atoms with van der Waals surface area (Å²) in [6, 6.07) is 0.510. The zero-order chi connectivity index (χ0) is 13.9. The lowest BCUT2D eigenvalue weighted by Crippen LogP contribution is -2.54. The molecule has 2 fully saturated rings. The minimum Gasteiger partial charge on any atom is -0.341 e. The van der Waals surface area contributed by atoms with Gasteiger partial charge >= 0.3 is 0 Å². The van der Waals surface area contributed by atoms with E-state index in [4.69, 9.17) is 5.73 Å². The maximum atomic E-state index is 12.9. The molecule has 0 bridgehead atoms. The predicted molar refractivity (Wildman–Crippen MR) is 77.9 cm³/mol. The number of hydrogen-bond donors (Lipinski definition) is 1. The van der Waals surface area contributed by atoms with E-state index in [-0.39, 0.29) is 5.41 Å². The number of nitrogens with two attached hydrogens (primary N) is 1. The number of carbonyl (C=O) groups is 1. The first-order valence-corrected chi connectivity index (χ1v) is 7.75. The van der Waals surface area contributed by atoms with Crippen molar-refractivity contribution in [1.82, 2.24) is 9.80 Å². The molecule has 110 valence electrons. The summed E-state index contributed by atoms with van der Waals surface area (Å²) in [6.45, 7) is 2.33. The first kappa shape index (κ1) is 14.8. The van der Waals surface area contributed by atoms with Gasteiger partial charge in [0.2, 0.25) is 5.91 Å². The van der Waals surface area contributed by atoms with Crippen LogP contribution in [0.3, 0.4) is 0 Å². The Kier molecular flexibility index (Phi) is 4.85. The minimum absolute atomic E-state index is 0.244. The lowest BCUT2D eigenvalue weighted by Gasteiger charge is -2.43. The van der Waals surface area contributed by atoms with Crippen molar-refractivity contribution in [2.75, 3.05) is 33.7 Å². The zero-order valence-electron chi connectivity index (χ0n) is 12.5. The highest BCUT2D eigenvalue weighted by Crippen LogP contribution is 2.37. The Balaban J connectivity index is 2.04. The Labute approximate surface area is 117 Å². The van der Waals surface area contributed by atoms with Crippen LogP contribution < -0.4 is 5.73 Å². The van der Waals surface area contributed by atoms with Crippen LogP contribution in [0.25, 0.3) is 0 Å². The third-order valence-corrected chi connectivity index (χ3v) is 5.07. The van der Waals surface area contributed by atoms with Crippen molar-refractivity contribution in [2.24, 2.45) is 11.1 Å². The normalized spacial score (nSPS) is 27.6. The number of nitrogens with zero attached hydrogens (tertiary/aromatic N) is 2. The number of hydrogen-bond acceptors (Lipinski definition) is 3. The molecule has 0 spiro atoms. The molecule has 2 rings (SSSR count). The fourth-order valence-corrected chi connectivity index (χ4v) is 3.63. The van der Waals surface area contributed by atoms with E-state index >= 15 is 0 Å². The molecule has 1 unspecified atom stereocenters. The smallest absolute Gasteiger partial charge is 0.230 e. The van der Waals surface area contributed by atoms with E-state index in [9.17, 15) is 4.79 Å². The molecular formula is C15H29N3O. The van der Waals surface area contributed by atoms with Gasteiger partial charge in [0.05, 0.1) is 5.41 Å². The number of carbonyl (C=O) groups excluding carboxylic acids is 1. The van der Waals surface area contributed by atoms with Gasteiger partial charge in [0.25, 0.3) is 0 Å². The lowest BCUT2D eigenvalue weighted by molar-refractivity contribution is -0.145. The highest BCUT2D eigenvalue weighted by molar-refractivity contribution is 5.83. The molecular weight excluding hydrogens is 238 g/mol. The van der Waals surface area contributed by atoms with Crippen molar-refractivity contribution in [2.45, 2.75) is 51.0 Å². The first-order chi connectivity index (χ1) is 9.09. The standard InChI is InChI=1S/C15H29N3O/c1-17(2)13-7-6-10-18(11-13)14(19)15(12-16)8-4-3-5-9-15/h13H,3-12,16H2,1-2H3. The molecule has 0 radical (unpaired) electrons. The van der Waals surface area contributed by atoms with E-state index in [0.717, 1.165) is 45.2 Å². The van der Waals surface area contributed by atoms with E-state index in [1.807, 2.05) is 0 Å². The molecule has 0 aromatic heterocycles. The van der Waals surface area contributed by atoms with Gasteiger partial charge < -0.3 is 15.5 Å². The second-order valence-corrected chi connectivity index (χ2v) is 6.56. The number of rotatable bonds is 3. The van der Waals surface area contributed by atoms with E-state index < -0.39 is 0 Å². The van der Waals surface area contributed by atoms with Gasteiger partial charge in [0.15, 0.2) is 0 Å². The monoisotopic (exact) mass is 267 g/mol. The average Bonchev–Trinajstić information content (AvgIpc) is 2.47. The predicted octanol–water partition coefficient (Wildman–Crippen LogP) is 1.45. The van der Waals surface area contributed by atoms with Gasteiger partial charge in [0, 0.05) is 25.7 Å². The summed E-state index contributed by atoms with van der Waals surface area (Å²) < 4.78 is 0. The topological polar surface area (TPSA) is 49.6 Å². The van der Waals surface area contributed by atoms with Gasteiger partial charge in [-0.15, -0.1) is 0 Å². The molecule has 0 aromatic carbocycles. The number of piperidine rings is 1. The van der Waals surface area contributed by atoms with Crippen molar-refractivity contribution < 1.29 is 4.79 Å². The lowest BCUT2D eigenvalue weighted by atomic mass is 9.72. The summed E-state index contributed by atoms with van der Waals surface area (Å²) in [4.78, 5) is 17.2. The summed E-state index contributed by atoms with van der Waals surface area (Å²) in [5, 5.41) is 0. The summed E-state index contributed by atoms with van der Waals surface area (Å²) in [5.74, 6) is 0.334. The molecule has 4 heteroatoms. The van der Waals surface area contributed by atoms with Gasteiger partial charge in [-0.25, -0.2) is 0 Å². The van der Waals surface area contributed by atoms with Crippen molar-refractivity contribution in [3.8, 4) is 0 Å². The quantitative estimate of drug-likeness (QED) is 0.842. The maximum Gasteiger partial charge on any atom is 0.230 e. The molecule has 1 aliphatic carbocycles. The second kappa shape index (κ2) is 6.23. The van der Waals surface area contributed by atoms with Crippen LogP contribution in [0.1, 0.15) is 44.9 Å². The van der Waals surface area contributed by atoms with E-state index in [1.165, 1.54) is 12.8 Å². The Hall–Kier alpha value is -0.610. The third kappa shape index (κ3) is 3.11. The van der Waals surface area contributed by atoms with Crippen LogP contribution in [0.15, 0.2) is 0 Å². The molecule has 1 saturated carbocycles. The molecule has 4 nitrogen and oxygen atoms in total. The van der Waals surface area contributed by atoms with Gasteiger partial charge in [-0.1, -0.05) is 19.3 Å². The number of likely N-dealkylation sites (N-methyl/N-ethyl adjacent to an activating group) is 1. The largest absolute Gasteiger partial charge is 0.341 e. The SMILES string of the molecule is CN(C)C1CCCN(C(=O)C2(CN)CCCCC2)C1. The molecule has 1 aliphatic heterocycles. The fraction of sp³-hybridized carbons (Fsp3) is 0.933. The third-order valence-electron chi connectivity index (χ3n) is 5.07. The molecule has 2 N–H and O–H groups in total. The van der Waals surface area contributed by atoms with Gasteiger partial charge in [-0.2, -0.15) is 0 Å². The van der Waals surface area contributed by atoms with Crippen LogP contribution in [-0.2, 0) is 4.79 Å². The Morgan fingerprint density at radius 2 is 1.95 bits per heavy atom. The first-order valence-electron chi connectivity index (χ1n) is 7.75. The minimum atomic E-state index is -0.244. The Morgan fingerprint density at radius 1 is 1.26 bits per heavy atom. The highest BCUT2D eigenvalue weighted by Gasteiger charge is 2.41. The molecule has 19 heavy (non-hydrogen) atoms. The van der Waals surface area contributed by atoms with Crippen LogP contribution in [0.2, 0.25) is 0 Å². The van der Waals surface area contributed by atoms with Crippen LogP contribution in [0.5, 0.6) is 0 Å². The summed E-state index contributed by atoms with van der Waals surface area (Å²) in [7, 11) is 4.22. The molecule has 0 aromatic rings. The Morgan fingerprint density at radius 3 is 2.53 bits per heavy atom. The summed E-state index contributed by atoms with van der Waals surface area (Å²) in [5.41, 5.74) is 5.74. The van der Waals surface area contributed by atoms with Crippen molar-refractivity contribution >= 4 is 5.91 Å². The van der Waals surface area contributed by atoms with Crippen LogP contribution in [0.4, 0.5) is 0 Å². The number of likely N-dealkylation sites (tertiary alicyclic amines) is 1.